The first-order valence-corrected chi connectivity index (χ1v) is 8.36. The molecule has 0 spiro atoms. The number of carbonyl (C=O) groups is 1. The fourth-order valence-corrected chi connectivity index (χ4v) is 2.59. The van der Waals surface area contributed by atoms with Gasteiger partial charge in [-0.15, -0.1) is 0 Å². The van der Waals surface area contributed by atoms with Gasteiger partial charge in [0.25, 0.3) is 5.91 Å². The fraction of sp³-hybridized carbons (Fsp3) is 0. The van der Waals surface area contributed by atoms with Gasteiger partial charge in [-0.3, -0.25) is 4.79 Å². The quantitative estimate of drug-likeness (QED) is 0.629. The number of amides is 1. The summed E-state index contributed by atoms with van der Waals surface area (Å²) in [6.45, 7) is 0. The number of oxazole rings is 1. The van der Waals surface area contributed by atoms with Gasteiger partial charge in [0.1, 0.15) is 28.2 Å². The minimum atomic E-state index is -1.64. The molecule has 0 aliphatic heterocycles. The highest BCUT2D eigenvalue weighted by Gasteiger charge is 2.23. The van der Waals surface area contributed by atoms with Crippen molar-refractivity contribution in [3.8, 4) is 11.5 Å². The number of rotatable bonds is 5. The number of nitrogens with one attached hydrogen (secondary N) is 1. The molecule has 0 aliphatic rings. The van der Waals surface area contributed by atoms with Crippen molar-refractivity contribution in [2.45, 2.75) is 4.90 Å². The van der Waals surface area contributed by atoms with E-state index >= 15 is 0 Å². The Kier molecular flexibility index (Phi) is 4.78. The van der Waals surface area contributed by atoms with E-state index in [0.29, 0.717) is 10.6 Å². The first-order chi connectivity index (χ1) is 12.4. The van der Waals surface area contributed by atoms with Gasteiger partial charge in [-0.2, -0.15) is 0 Å². The summed E-state index contributed by atoms with van der Waals surface area (Å²) in [7, 11) is -1.64. The number of hydrogen-bond donors (Lipinski definition) is 3. The van der Waals surface area contributed by atoms with Crippen molar-refractivity contribution in [3.63, 3.8) is 0 Å². The molecule has 1 atom stereocenters. The van der Waals surface area contributed by atoms with E-state index in [1.807, 2.05) is 0 Å². The normalized spacial score (nSPS) is 12.0. The van der Waals surface area contributed by atoms with Gasteiger partial charge in [-0.25, -0.2) is 23.1 Å². The SMILES string of the molecule is NC(=O)c1nc(-c2c(F)cccc2F)oc1Nc1ccc(S(N)=O)cc1. The van der Waals surface area contributed by atoms with Crippen molar-refractivity contribution in [1.82, 2.24) is 4.98 Å². The highest BCUT2D eigenvalue weighted by atomic mass is 32.2. The molecule has 3 rings (SSSR count). The van der Waals surface area contributed by atoms with E-state index in [4.69, 9.17) is 15.3 Å². The van der Waals surface area contributed by atoms with E-state index in [2.05, 4.69) is 10.3 Å². The molecule has 7 nitrogen and oxygen atoms in total. The Morgan fingerprint density at radius 1 is 1.12 bits per heavy atom. The molecule has 0 bridgehead atoms. The molecular formula is C16H12F2N4O3S. The summed E-state index contributed by atoms with van der Waals surface area (Å²) >= 11 is 0. The highest BCUT2D eigenvalue weighted by Crippen LogP contribution is 2.31. The summed E-state index contributed by atoms with van der Waals surface area (Å²) in [6.07, 6.45) is 0. The van der Waals surface area contributed by atoms with Crippen LogP contribution in [0.4, 0.5) is 20.4 Å². The fourth-order valence-electron chi connectivity index (χ4n) is 2.18. The predicted octanol–water partition coefficient (Wildman–Crippen LogP) is 2.44. The van der Waals surface area contributed by atoms with Crippen LogP contribution in [-0.4, -0.2) is 15.1 Å². The minimum Gasteiger partial charge on any atom is -0.419 e. The van der Waals surface area contributed by atoms with Crippen molar-refractivity contribution < 1.29 is 22.2 Å². The number of aromatic nitrogens is 1. The third-order valence-corrected chi connectivity index (χ3v) is 4.12. The Bertz CT molecular complexity index is 985. The summed E-state index contributed by atoms with van der Waals surface area (Å²) in [6, 6.07) is 9.30. The standard InChI is InChI=1S/C16H12F2N4O3S/c17-10-2-1-3-11(18)12(10)15-22-13(14(19)23)16(25-15)21-8-4-6-9(7-5-8)26(20)24/h1-7,21H,20H2,(H2,19,23). The molecule has 1 aromatic heterocycles. The monoisotopic (exact) mass is 378 g/mol. The second-order valence-corrected chi connectivity index (χ2v) is 6.17. The lowest BCUT2D eigenvalue weighted by atomic mass is 10.2. The van der Waals surface area contributed by atoms with Gasteiger partial charge in [-0.05, 0) is 36.4 Å². The van der Waals surface area contributed by atoms with Crippen LogP contribution >= 0.6 is 0 Å². The van der Waals surface area contributed by atoms with Crippen LogP contribution in [0, 0.1) is 11.6 Å². The third kappa shape index (κ3) is 3.46. The Hall–Kier alpha value is -3.11. The number of primary amides is 1. The Morgan fingerprint density at radius 2 is 1.73 bits per heavy atom. The zero-order valence-corrected chi connectivity index (χ0v) is 13.8. The van der Waals surface area contributed by atoms with E-state index in [1.165, 1.54) is 30.3 Å². The van der Waals surface area contributed by atoms with Gasteiger partial charge in [0.05, 0.1) is 4.90 Å². The van der Waals surface area contributed by atoms with Gasteiger partial charge in [0.2, 0.25) is 11.8 Å². The zero-order chi connectivity index (χ0) is 18.8. The molecule has 5 N–H and O–H groups in total. The molecule has 2 aromatic carbocycles. The molecule has 0 saturated carbocycles. The van der Waals surface area contributed by atoms with Gasteiger partial charge in [-0.1, -0.05) is 6.07 Å². The number of nitrogens with two attached hydrogens (primary N) is 2. The van der Waals surface area contributed by atoms with Crippen molar-refractivity contribution in [2.24, 2.45) is 10.9 Å². The van der Waals surface area contributed by atoms with Crippen LogP contribution in [-0.2, 0) is 11.0 Å². The van der Waals surface area contributed by atoms with E-state index in [-0.39, 0.29) is 11.6 Å². The molecule has 0 aliphatic carbocycles. The molecule has 10 heteroatoms. The second-order valence-electron chi connectivity index (χ2n) is 5.10. The van der Waals surface area contributed by atoms with Crippen molar-refractivity contribution >= 4 is 28.5 Å². The zero-order valence-electron chi connectivity index (χ0n) is 13.0. The molecule has 0 fully saturated rings. The van der Waals surface area contributed by atoms with Gasteiger partial charge >= 0.3 is 0 Å². The number of nitrogens with zero attached hydrogens (tertiary/aromatic N) is 1. The first kappa shape index (κ1) is 17.7. The van der Waals surface area contributed by atoms with Gasteiger partial charge in [0, 0.05) is 5.69 Å². The smallest absolute Gasteiger partial charge is 0.273 e. The topological polar surface area (TPSA) is 124 Å². The largest absolute Gasteiger partial charge is 0.419 e. The Balaban J connectivity index is 2.00. The van der Waals surface area contributed by atoms with Crippen molar-refractivity contribution in [3.05, 3.63) is 59.8 Å². The van der Waals surface area contributed by atoms with Crippen molar-refractivity contribution in [2.75, 3.05) is 5.32 Å². The molecule has 1 unspecified atom stereocenters. The van der Waals surface area contributed by atoms with Gasteiger partial charge < -0.3 is 15.5 Å². The van der Waals surface area contributed by atoms with Crippen LogP contribution in [0.25, 0.3) is 11.5 Å². The van der Waals surface area contributed by atoms with Crippen LogP contribution in [0.5, 0.6) is 0 Å². The maximum absolute atomic E-state index is 13.9. The van der Waals surface area contributed by atoms with E-state index in [0.717, 1.165) is 12.1 Å². The van der Waals surface area contributed by atoms with Crippen LogP contribution in [0.15, 0.2) is 51.8 Å². The van der Waals surface area contributed by atoms with E-state index < -0.39 is 40.0 Å². The van der Waals surface area contributed by atoms with Crippen molar-refractivity contribution in [1.29, 1.82) is 0 Å². The molecule has 134 valence electrons. The molecule has 1 heterocycles. The molecular weight excluding hydrogens is 366 g/mol. The summed E-state index contributed by atoms with van der Waals surface area (Å²) in [4.78, 5) is 15.8. The molecule has 26 heavy (non-hydrogen) atoms. The molecule has 0 radical (unpaired) electrons. The first-order valence-electron chi connectivity index (χ1n) is 7.15. The Morgan fingerprint density at radius 3 is 2.27 bits per heavy atom. The van der Waals surface area contributed by atoms with E-state index in [9.17, 15) is 17.8 Å². The number of anilines is 2. The second kappa shape index (κ2) is 7.02. The van der Waals surface area contributed by atoms with E-state index in [1.54, 1.807) is 0 Å². The number of halogens is 2. The average molecular weight is 378 g/mol. The summed E-state index contributed by atoms with van der Waals surface area (Å²) in [5.74, 6) is -3.36. The lowest BCUT2D eigenvalue weighted by Crippen LogP contribution is -2.13. The minimum absolute atomic E-state index is 0.184. The molecule has 0 saturated heterocycles. The lowest BCUT2D eigenvalue weighted by Gasteiger charge is -2.04. The predicted molar refractivity (Wildman–Crippen MR) is 90.7 cm³/mol. The lowest BCUT2D eigenvalue weighted by molar-refractivity contribution is 0.0996. The number of carbonyl (C=O) groups excluding carboxylic acids is 1. The van der Waals surface area contributed by atoms with Crippen LogP contribution in [0.1, 0.15) is 10.5 Å². The highest BCUT2D eigenvalue weighted by molar-refractivity contribution is 7.82. The summed E-state index contributed by atoms with van der Waals surface area (Å²) in [5.41, 5.74) is 4.84. The van der Waals surface area contributed by atoms with Crippen LogP contribution in [0.3, 0.4) is 0 Å². The maximum atomic E-state index is 13.9. The average Bonchev–Trinajstić information content (AvgIpc) is 2.99. The summed E-state index contributed by atoms with van der Waals surface area (Å²) < 4.78 is 44.3. The maximum Gasteiger partial charge on any atom is 0.273 e. The molecule has 1 amide bonds. The Labute approximate surface area is 148 Å². The van der Waals surface area contributed by atoms with Crippen LogP contribution < -0.4 is 16.2 Å². The molecule has 3 aromatic rings. The van der Waals surface area contributed by atoms with Crippen LogP contribution in [0.2, 0.25) is 0 Å². The summed E-state index contributed by atoms with van der Waals surface area (Å²) in [5, 5.41) is 8.00. The third-order valence-electron chi connectivity index (χ3n) is 3.38. The van der Waals surface area contributed by atoms with Gasteiger partial charge in [0.15, 0.2) is 5.69 Å². The number of hydrogen-bond acceptors (Lipinski definition) is 5. The number of benzene rings is 2.